The lowest BCUT2D eigenvalue weighted by Crippen LogP contribution is -2.24. The maximum absolute atomic E-state index is 11.8. The predicted molar refractivity (Wildman–Crippen MR) is 66.8 cm³/mol. The second-order valence-electron chi connectivity index (χ2n) is 3.92. The highest BCUT2D eigenvalue weighted by molar-refractivity contribution is 7.89. The smallest absolute Gasteiger partial charge is 0.341 e. The summed E-state index contributed by atoms with van der Waals surface area (Å²) >= 11 is 0. The van der Waals surface area contributed by atoms with Crippen LogP contribution in [0, 0.1) is 6.92 Å². The van der Waals surface area contributed by atoms with Gasteiger partial charge in [-0.1, -0.05) is 0 Å². The molecule has 0 amide bonds. The minimum Gasteiger partial charge on any atom is -0.481 e. The minimum atomic E-state index is -3.92. The van der Waals surface area contributed by atoms with Crippen LogP contribution in [0.3, 0.4) is 0 Å². The van der Waals surface area contributed by atoms with Gasteiger partial charge in [-0.3, -0.25) is 4.79 Å². The molecule has 1 aromatic heterocycles. The quantitative estimate of drug-likeness (QED) is 0.556. The zero-order chi connectivity index (χ0) is 15.3. The highest BCUT2D eigenvalue weighted by Gasteiger charge is 2.23. The molecule has 1 rings (SSSR count). The molecule has 8 nitrogen and oxygen atoms in total. The molecule has 0 fully saturated rings. The van der Waals surface area contributed by atoms with Crippen molar-refractivity contribution in [3.05, 3.63) is 17.4 Å². The van der Waals surface area contributed by atoms with Gasteiger partial charge in [0.1, 0.15) is 11.3 Å². The van der Waals surface area contributed by atoms with E-state index in [9.17, 15) is 18.0 Å². The van der Waals surface area contributed by atoms with E-state index in [1.807, 2.05) is 0 Å². The summed E-state index contributed by atoms with van der Waals surface area (Å²) in [6, 6.07) is 1.07. The molecule has 0 saturated heterocycles. The van der Waals surface area contributed by atoms with E-state index in [0.29, 0.717) is 0 Å². The van der Waals surface area contributed by atoms with Crippen LogP contribution >= 0.6 is 0 Å². The number of hydrogen-bond donors (Lipinski definition) is 2. The van der Waals surface area contributed by atoms with Crippen molar-refractivity contribution in [2.45, 2.75) is 24.9 Å². The number of ether oxygens (including phenoxy) is 1. The number of sulfonamides is 1. The third kappa shape index (κ3) is 4.07. The Morgan fingerprint density at radius 3 is 2.65 bits per heavy atom. The maximum atomic E-state index is 11.8. The van der Waals surface area contributed by atoms with Crippen LogP contribution in [-0.2, 0) is 19.6 Å². The van der Waals surface area contributed by atoms with E-state index in [1.165, 1.54) is 14.0 Å². The topological polar surface area (TPSA) is 123 Å². The summed E-state index contributed by atoms with van der Waals surface area (Å²) in [6.07, 6.45) is 0.00518. The molecule has 1 aromatic rings. The number of nitrogens with one attached hydrogen (secondary N) is 1. The molecule has 1 heterocycles. The highest BCUT2D eigenvalue weighted by atomic mass is 32.2. The van der Waals surface area contributed by atoms with E-state index in [0.717, 1.165) is 6.07 Å². The number of aliphatic carboxylic acids is 1. The molecular formula is C11H15NO7S. The minimum absolute atomic E-state index is 0.0263. The van der Waals surface area contributed by atoms with Crippen LogP contribution in [0.2, 0.25) is 0 Å². The van der Waals surface area contributed by atoms with Crippen molar-refractivity contribution in [3.63, 3.8) is 0 Å². The summed E-state index contributed by atoms with van der Waals surface area (Å²) in [7, 11) is -2.75. The van der Waals surface area contributed by atoms with E-state index < -0.39 is 27.1 Å². The van der Waals surface area contributed by atoms with Crippen molar-refractivity contribution >= 4 is 22.0 Å². The Hall–Kier alpha value is -1.87. The molecule has 112 valence electrons. The van der Waals surface area contributed by atoms with E-state index in [4.69, 9.17) is 9.52 Å². The summed E-state index contributed by atoms with van der Waals surface area (Å²) in [5, 5.41) is 8.03. The van der Waals surface area contributed by atoms with Crippen molar-refractivity contribution < 1.29 is 32.3 Å². The number of furan rings is 1. The van der Waals surface area contributed by atoms with Gasteiger partial charge in [0.2, 0.25) is 5.09 Å². The first-order chi connectivity index (χ1) is 9.27. The van der Waals surface area contributed by atoms with E-state index in [1.54, 1.807) is 0 Å². The van der Waals surface area contributed by atoms with Gasteiger partial charge in [0, 0.05) is 19.0 Å². The molecule has 0 bridgehead atoms. The van der Waals surface area contributed by atoms with E-state index >= 15 is 0 Å². The lowest BCUT2D eigenvalue weighted by atomic mass is 10.3. The number of methoxy groups -OCH3 is 1. The van der Waals surface area contributed by atoms with Crippen molar-refractivity contribution in [2.75, 3.05) is 13.7 Å². The summed E-state index contributed by atoms with van der Waals surface area (Å²) in [5.41, 5.74) is 0.0263. The summed E-state index contributed by atoms with van der Waals surface area (Å²) in [5.74, 6) is -1.58. The third-order valence-corrected chi connectivity index (χ3v) is 3.74. The Morgan fingerprint density at radius 1 is 1.45 bits per heavy atom. The van der Waals surface area contributed by atoms with Crippen molar-refractivity contribution in [1.29, 1.82) is 0 Å². The standard InChI is InChI=1S/C11H15NO7S/c1-7-8(11(15)18-2)6-10(19-7)20(16,17)12-5-3-4-9(13)14/h6,12H,3-5H2,1-2H3,(H,13,14). The highest BCUT2D eigenvalue weighted by Crippen LogP contribution is 2.19. The molecule has 20 heavy (non-hydrogen) atoms. The second kappa shape index (κ2) is 6.53. The third-order valence-electron chi connectivity index (χ3n) is 2.42. The van der Waals surface area contributed by atoms with Crippen molar-refractivity contribution in [3.8, 4) is 0 Å². The van der Waals surface area contributed by atoms with Crippen LogP contribution in [0.5, 0.6) is 0 Å². The first kappa shape index (κ1) is 16.2. The van der Waals surface area contributed by atoms with Gasteiger partial charge in [-0.25, -0.2) is 17.9 Å². The maximum Gasteiger partial charge on any atom is 0.341 e. The van der Waals surface area contributed by atoms with E-state index in [-0.39, 0.29) is 30.7 Å². The number of carboxylic acids is 1. The molecule has 0 aliphatic heterocycles. The Morgan fingerprint density at radius 2 is 2.10 bits per heavy atom. The first-order valence-corrected chi connectivity index (χ1v) is 7.16. The van der Waals surface area contributed by atoms with Crippen LogP contribution in [0.25, 0.3) is 0 Å². The van der Waals surface area contributed by atoms with Gasteiger partial charge in [-0.05, 0) is 13.3 Å². The lowest BCUT2D eigenvalue weighted by Gasteiger charge is -2.02. The molecule has 0 spiro atoms. The zero-order valence-corrected chi connectivity index (χ0v) is 11.8. The second-order valence-corrected chi connectivity index (χ2v) is 5.62. The zero-order valence-electron chi connectivity index (χ0n) is 11.0. The summed E-state index contributed by atoms with van der Waals surface area (Å²) < 4.78 is 35.4. The molecule has 9 heteroatoms. The molecule has 0 radical (unpaired) electrons. The van der Waals surface area contributed by atoms with Crippen LogP contribution in [-0.4, -0.2) is 39.1 Å². The fourth-order valence-electron chi connectivity index (χ4n) is 1.42. The molecule has 0 saturated carbocycles. The van der Waals surface area contributed by atoms with Gasteiger partial charge in [-0.15, -0.1) is 0 Å². The monoisotopic (exact) mass is 305 g/mol. The molecule has 0 aliphatic carbocycles. The summed E-state index contributed by atoms with van der Waals surface area (Å²) in [4.78, 5) is 21.6. The molecule has 0 aromatic carbocycles. The number of aryl methyl sites for hydroxylation is 1. The van der Waals surface area contributed by atoms with E-state index in [2.05, 4.69) is 9.46 Å². The fourth-order valence-corrected chi connectivity index (χ4v) is 2.48. The number of carbonyl (C=O) groups is 2. The molecular weight excluding hydrogens is 290 g/mol. The number of hydrogen-bond acceptors (Lipinski definition) is 6. The van der Waals surface area contributed by atoms with Gasteiger partial charge in [0.25, 0.3) is 10.0 Å². The van der Waals surface area contributed by atoms with Crippen LogP contribution < -0.4 is 4.72 Å². The largest absolute Gasteiger partial charge is 0.481 e. The van der Waals surface area contributed by atoms with Gasteiger partial charge in [0.05, 0.1) is 7.11 Å². The van der Waals surface area contributed by atoms with Gasteiger partial charge < -0.3 is 14.3 Å². The normalized spacial score (nSPS) is 11.3. The van der Waals surface area contributed by atoms with Gasteiger partial charge >= 0.3 is 11.9 Å². The number of carbonyl (C=O) groups excluding carboxylic acids is 1. The Balaban J connectivity index is 2.78. The van der Waals surface area contributed by atoms with Crippen LogP contribution in [0.4, 0.5) is 0 Å². The molecule has 0 atom stereocenters. The van der Waals surface area contributed by atoms with Crippen LogP contribution in [0.15, 0.2) is 15.6 Å². The molecule has 0 unspecified atom stereocenters. The number of carboxylic acid groups (broad SMARTS) is 1. The van der Waals surface area contributed by atoms with Crippen LogP contribution in [0.1, 0.15) is 29.0 Å². The van der Waals surface area contributed by atoms with Gasteiger partial charge in [0.15, 0.2) is 0 Å². The lowest BCUT2D eigenvalue weighted by molar-refractivity contribution is -0.137. The summed E-state index contributed by atoms with van der Waals surface area (Å²) in [6.45, 7) is 1.40. The SMILES string of the molecule is COC(=O)c1cc(S(=O)(=O)NCCCC(=O)O)oc1C. The van der Waals surface area contributed by atoms with Crippen molar-refractivity contribution in [1.82, 2.24) is 4.72 Å². The first-order valence-electron chi connectivity index (χ1n) is 5.68. The average Bonchev–Trinajstić information content (AvgIpc) is 2.76. The Kier molecular flexibility index (Phi) is 5.28. The fraction of sp³-hybridized carbons (Fsp3) is 0.455. The average molecular weight is 305 g/mol. The molecule has 0 aliphatic rings. The van der Waals surface area contributed by atoms with Gasteiger partial charge in [-0.2, -0.15) is 0 Å². The molecule has 2 N–H and O–H groups in total. The Labute approximate surface area is 115 Å². The Bertz CT molecular complexity index is 602. The predicted octanol–water partition coefficient (Wildman–Crippen LogP) is 0.518. The number of rotatable bonds is 7. The number of esters is 1. The van der Waals surface area contributed by atoms with Crippen molar-refractivity contribution in [2.24, 2.45) is 0 Å².